The average molecular weight is 294 g/mol. The summed E-state index contributed by atoms with van der Waals surface area (Å²) in [6.07, 6.45) is 0.00922. The second-order valence-electron chi connectivity index (χ2n) is 4.94. The molecule has 5 nitrogen and oxygen atoms in total. The van der Waals surface area contributed by atoms with E-state index < -0.39 is 0 Å². The van der Waals surface area contributed by atoms with Crippen molar-refractivity contribution in [3.63, 3.8) is 0 Å². The first kappa shape index (κ1) is 13.8. The van der Waals surface area contributed by atoms with Crippen molar-refractivity contribution in [2.45, 2.75) is 24.4 Å². The number of fused-ring (bicyclic) bond motifs is 1. The molecule has 0 amide bonds. The number of hydrogen-bond acceptors (Lipinski definition) is 4. The molecule has 0 bridgehead atoms. The Morgan fingerprint density at radius 1 is 1.20 bits per heavy atom. The van der Waals surface area contributed by atoms with E-state index in [0.29, 0.717) is 18.3 Å². The van der Waals surface area contributed by atoms with Crippen LogP contribution < -0.4 is 10.6 Å². The number of benzene rings is 1. The highest BCUT2D eigenvalue weighted by molar-refractivity contribution is 7.80. The van der Waals surface area contributed by atoms with Crippen molar-refractivity contribution < 1.29 is 14.2 Å². The Labute approximate surface area is 123 Å². The number of rotatable bonds is 3. The molecule has 2 N–H and O–H groups in total. The molecule has 2 aliphatic heterocycles. The van der Waals surface area contributed by atoms with Gasteiger partial charge in [-0.2, -0.15) is 0 Å². The second kappa shape index (κ2) is 6.05. The third-order valence-corrected chi connectivity index (χ3v) is 3.88. The van der Waals surface area contributed by atoms with Gasteiger partial charge in [0.2, 0.25) is 0 Å². The van der Waals surface area contributed by atoms with E-state index >= 15 is 0 Å². The van der Waals surface area contributed by atoms with Crippen LogP contribution in [-0.4, -0.2) is 49.8 Å². The van der Waals surface area contributed by atoms with Crippen LogP contribution in [0.25, 0.3) is 0 Å². The van der Waals surface area contributed by atoms with Crippen LogP contribution >= 0.6 is 12.2 Å². The molecule has 20 heavy (non-hydrogen) atoms. The summed E-state index contributed by atoms with van der Waals surface area (Å²) < 4.78 is 16.8. The van der Waals surface area contributed by atoms with Crippen LogP contribution in [0.4, 0.5) is 5.69 Å². The molecule has 0 aliphatic carbocycles. The molecule has 6 heteroatoms. The lowest BCUT2D eigenvalue weighted by atomic mass is 10.1. The minimum atomic E-state index is -0.00419. The molecule has 0 spiro atoms. The Hall–Kier alpha value is -1.21. The maximum atomic E-state index is 5.74. The maximum absolute atomic E-state index is 5.74. The van der Waals surface area contributed by atoms with Gasteiger partial charge >= 0.3 is 0 Å². The lowest BCUT2D eigenvalue weighted by Gasteiger charge is -2.19. The van der Waals surface area contributed by atoms with Crippen LogP contribution in [0, 0.1) is 0 Å². The Morgan fingerprint density at radius 3 is 2.70 bits per heavy atom. The lowest BCUT2D eigenvalue weighted by molar-refractivity contribution is -0.00798. The van der Waals surface area contributed by atoms with E-state index in [4.69, 9.17) is 26.4 Å². The summed E-state index contributed by atoms with van der Waals surface area (Å²) in [5.74, 6) is 0. The molecule has 2 saturated heterocycles. The minimum Gasteiger partial charge on any atom is -0.376 e. The van der Waals surface area contributed by atoms with Gasteiger partial charge < -0.3 is 24.8 Å². The van der Waals surface area contributed by atoms with E-state index in [1.54, 1.807) is 7.11 Å². The van der Waals surface area contributed by atoms with E-state index in [1.165, 1.54) is 0 Å². The molecule has 2 heterocycles. The molecule has 0 unspecified atom stereocenters. The molecule has 2 aliphatic rings. The lowest BCUT2D eigenvalue weighted by Crippen LogP contribution is -2.45. The fourth-order valence-electron chi connectivity index (χ4n) is 2.65. The van der Waals surface area contributed by atoms with Gasteiger partial charge in [0.1, 0.15) is 18.3 Å². The quantitative estimate of drug-likeness (QED) is 0.816. The molecule has 108 valence electrons. The first-order chi connectivity index (χ1) is 9.78. The zero-order chi connectivity index (χ0) is 13.9. The number of para-hydroxylation sites is 1. The van der Waals surface area contributed by atoms with Gasteiger partial charge in [0.15, 0.2) is 5.11 Å². The molecule has 0 radical (unpaired) electrons. The van der Waals surface area contributed by atoms with Crippen LogP contribution in [0.1, 0.15) is 0 Å². The third-order valence-electron chi connectivity index (χ3n) is 3.66. The first-order valence-electron chi connectivity index (χ1n) is 6.66. The zero-order valence-corrected chi connectivity index (χ0v) is 12.1. The van der Waals surface area contributed by atoms with Crippen molar-refractivity contribution in [2.75, 3.05) is 25.6 Å². The third kappa shape index (κ3) is 2.78. The van der Waals surface area contributed by atoms with Gasteiger partial charge in [-0.1, -0.05) is 18.2 Å². The predicted molar refractivity (Wildman–Crippen MR) is 79.9 cm³/mol. The summed E-state index contributed by atoms with van der Waals surface area (Å²) in [7, 11) is 1.68. The van der Waals surface area contributed by atoms with Crippen LogP contribution in [0.2, 0.25) is 0 Å². The average Bonchev–Trinajstić information content (AvgIpc) is 3.02. The van der Waals surface area contributed by atoms with E-state index in [2.05, 4.69) is 10.6 Å². The van der Waals surface area contributed by atoms with E-state index in [1.807, 2.05) is 30.3 Å². The Bertz CT molecular complexity index is 471. The summed E-state index contributed by atoms with van der Waals surface area (Å²) >= 11 is 5.33. The number of anilines is 1. The van der Waals surface area contributed by atoms with Gasteiger partial charge in [0.05, 0.1) is 19.3 Å². The van der Waals surface area contributed by atoms with E-state index in [9.17, 15) is 0 Å². The van der Waals surface area contributed by atoms with Crippen LogP contribution in [-0.2, 0) is 14.2 Å². The van der Waals surface area contributed by atoms with Crippen LogP contribution in [0.3, 0.4) is 0 Å². The van der Waals surface area contributed by atoms with Crippen molar-refractivity contribution in [1.29, 1.82) is 0 Å². The van der Waals surface area contributed by atoms with E-state index in [0.717, 1.165) is 5.69 Å². The molecule has 1 aromatic rings. The summed E-state index contributed by atoms with van der Waals surface area (Å²) in [5.41, 5.74) is 0.961. The maximum Gasteiger partial charge on any atom is 0.171 e. The number of nitrogens with one attached hydrogen (secondary N) is 2. The number of hydrogen-bond donors (Lipinski definition) is 2. The fraction of sp³-hybridized carbons (Fsp3) is 0.500. The van der Waals surface area contributed by atoms with Crippen molar-refractivity contribution in [3.05, 3.63) is 30.3 Å². The topological polar surface area (TPSA) is 51.8 Å². The number of thiocarbonyl (C=S) groups is 1. The zero-order valence-electron chi connectivity index (χ0n) is 11.2. The molecular formula is C14H18N2O3S. The SMILES string of the molecule is CO[C@@H]1CO[C@H]2[C@@H]1OC[C@@H]2NC(=S)Nc1ccccc1. The first-order valence-corrected chi connectivity index (χ1v) is 7.07. The summed E-state index contributed by atoms with van der Waals surface area (Å²) in [6.45, 7) is 1.15. The molecule has 2 fully saturated rings. The molecule has 0 saturated carbocycles. The Morgan fingerprint density at radius 2 is 1.95 bits per heavy atom. The molecule has 4 atom stereocenters. The van der Waals surface area contributed by atoms with Crippen LogP contribution in [0.5, 0.6) is 0 Å². The molecule has 1 aromatic carbocycles. The highest BCUT2D eigenvalue weighted by atomic mass is 32.1. The number of methoxy groups -OCH3 is 1. The largest absolute Gasteiger partial charge is 0.376 e. The fourth-order valence-corrected chi connectivity index (χ4v) is 2.92. The van der Waals surface area contributed by atoms with Crippen molar-refractivity contribution in [2.24, 2.45) is 0 Å². The van der Waals surface area contributed by atoms with Gasteiger partial charge in [-0.15, -0.1) is 0 Å². The highest BCUT2D eigenvalue weighted by Gasteiger charge is 2.48. The Kier molecular flexibility index (Phi) is 4.16. The van der Waals surface area contributed by atoms with Gasteiger partial charge in [0.25, 0.3) is 0 Å². The Balaban J connectivity index is 1.55. The summed E-state index contributed by atoms with van der Waals surface area (Å²) in [6, 6.07) is 9.88. The number of ether oxygens (including phenoxy) is 3. The highest BCUT2D eigenvalue weighted by Crippen LogP contribution is 2.28. The summed E-state index contributed by atoms with van der Waals surface area (Å²) in [5, 5.41) is 6.99. The van der Waals surface area contributed by atoms with Crippen LogP contribution in [0.15, 0.2) is 30.3 Å². The monoisotopic (exact) mass is 294 g/mol. The smallest absolute Gasteiger partial charge is 0.171 e. The second-order valence-corrected chi connectivity index (χ2v) is 5.35. The van der Waals surface area contributed by atoms with Gasteiger partial charge in [0, 0.05) is 12.8 Å². The predicted octanol–water partition coefficient (Wildman–Crippen LogP) is 1.15. The van der Waals surface area contributed by atoms with Crippen molar-refractivity contribution in [1.82, 2.24) is 5.32 Å². The minimum absolute atomic E-state index is 0.00275. The standard InChI is InChI=1S/C14H18N2O3S/c1-17-11-8-19-12-10(7-18-13(11)12)16-14(20)15-9-5-3-2-4-6-9/h2-6,10-13H,7-8H2,1H3,(H2,15,16,20)/t10-,11+,12+,13+/m0/s1. The van der Waals surface area contributed by atoms with Crippen molar-refractivity contribution in [3.8, 4) is 0 Å². The van der Waals surface area contributed by atoms with Gasteiger partial charge in [-0.25, -0.2) is 0 Å². The normalized spacial score (nSPS) is 31.9. The van der Waals surface area contributed by atoms with Gasteiger partial charge in [-0.3, -0.25) is 0 Å². The molecule has 0 aromatic heterocycles. The van der Waals surface area contributed by atoms with Crippen molar-refractivity contribution >= 4 is 23.0 Å². The molecular weight excluding hydrogens is 276 g/mol. The molecule has 3 rings (SSSR count). The van der Waals surface area contributed by atoms with E-state index in [-0.39, 0.29) is 24.4 Å². The van der Waals surface area contributed by atoms with Gasteiger partial charge in [-0.05, 0) is 24.4 Å². The summed E-state index contributed by atoms with van der Waals surface area (Å²) in [4.78, 5) is 0.